The van der Waals surface area contributed by atoms with Crippen molar-refractivity contribution in [2.45, 2.75) is 25.8 Å². The molecule has 3 rings (SSSR count). The molecule has 0 atom stereocenters. The topological polar surface area (TPSA) is 87.7 Å². The van der Waals surface area contributed by atoms with Gasteiger partial charge in [-0.25, -0.2) is 14.8 Å². The van der Waals surface area contributed by atoms with E-state index in [9.17, 15) is 9.59 Å². The summed E-state index contributed by atoms with van der Waals surface area (Å²) >= 11 is 0. The van der Waals surface area contributed by atoms with Gasteiger partial charge >= 0.3 is 6.09 Å². The zero-order valence-electron chi connectivity index (χ0n) is 16.2. The Morgan fingerprint density at radius 1 is 1.18 bits per heavy atom. The Labute approximate surface area is 164 Å². The summed E-state index contributed by atoms with van der Waals surface area (Å²) in [5.41, 5.74) is 1.23. The first-order chi connectivity index (χ1) is 13.6. The summed E-state index contributed by atoms with van der Waals surface area (Å²) in [6, 6.07) is 9.60. The normalized spacial score (nSPS) is 14.4. The van der Waals surface area contributed by atoms with Crippen molar-refractivity contribution in [2.75, 3.05) is 37.0 Å². The van der Waals surface area contributed by atoms with Crippen LogP contribution in [0.15, 0.2) is 42.7 Å². The Morgan fingerprint density at radius 3 is 2.43 bits per heavy atom. The summed E-state index contributed by atoms with van der Waals surface area (Å²) in [4.78, 5) is 36.2. The molecule has 1 fully saturated rings. The second kappa shape index (κ2) is 9.16. The minimum absolute atomic E-state index is 0.166. The molecule has 2 amide bonds. The number of benzene rings is 1. The van der Waals surface area contributed by atoms with Crippen LogP contribution in [0.3, 0.4) is 0 Å². The van der Waals surface area contributed by atoms with Gasteiger partial charge in [-0.2, -0.15) is 0 Å². The molecule has 8 nitrogen and oxygen atoms in total. The molecule has 1 aliphatic heterocycles. The molecule has 148 valence electrons. The Bertz CT molecular complexity index is 789. The maximum Gasteiger partial charge on any atom is 0.409 e. The molecule has 0 radical (unpaired) electrons. The van der Waals surface area contributed by atoms with Crippen molar-refractivity contribution in [3.8, 4) is 0 Å². The number of amides is 2. The second-order valence-corrected chi connectivity index (χ2v) is 6.60. The van der Waals surface area contributed by atoms with E-state index in [2.05, 4.69) is 15.3 Å². The smallest absolute Gasteiger partial charge is 0.409 e. The summed E-state index contributed by atoms with van der Waals surface area (Å²) in [5, 5.41) is 3.27. The lowest BCUT2D eigenvalue weighted by Crippen LogP contribution is -2.42. The second-order valence-electron chi connectivity index (χ2n) is 6.60. The standard InChI is InChI=1S/C20H25N5O3/c1-3-28-20(27)25-11-9-16(10-12-25)23-19-21-13-15(14-22-19)18(26)24(2)17-7-5-4-6-8-17/h4-8,13-14,16H,3,9-12H2,1-2H3,(H,21,22,23). The SMILES string of the molecule is CCOC(=O)N1CCC(Nc2ncc(C(=O)N(C)c3ccccc3)cn2)CC1. The lowest BCUT2D eigenvalue weighted by atomic mass is 10.1. The van der Waals surface area contributed by atoms with Crippen molar-refractivity contribution in [2.24, 2.45) is 0 Å². The number of nitrogens with zero attached hydrogens (tertiary/aromatic N) is 4. The molecule has 2 heterocycles. The first kappa shape index (κ1) is 19.6. The van der Waals surface area contributed by atoms with Gasteiger partial charge in [0.05, 0.1) is 12.2 Å². The number of anilines is 2. The van der Waals surface area contributed by atoms with Crippen LogP contribution in [0.4, 0.5) is 16.4 Å². The third-order valence-electron chi connectivity index (χ3n) is 4.70. The number of para-hydroxylation sites is 1. The zero-order chi connectivity index (χ0) is 19.9. The number of piperidine rings is 1. The van der Waals surface area contributed by atoms with E-state index in [0.717, 1.165) is 18.5 Å². The van der Waals surface area contributed by atoms with Gasteiger partial charge in [-0.15, -0.1) is 0 Å². The number of nitrogens with one attached hydrogen (secondary N) is 1. The van der Waals surface area contributed by atoms with Gasteiger partial charge in [0.1, 0.15) is 0 Å². The Balaban J connectivity index is 1.54. The van der Waals surface area contributed by atoms with E-state index in [1.54, 1.807) is 23.8 Å². The van der Waals surface area contributed by atoms with E-state index >= 15 is 0 Å². The van der Waals surface area contributed by atoms with Crippen LogP contribution in [0.5, 0.6) is 0 Å². The first-order valence-electron chi connectivity index (χ1n) is 9.42. The van der Waals surface area contributed by atoms with E-state index in [1.807, 2.05) is 30.3 Å². The van der Waals surface area contributed by atoms with Crippen LogP contribution < -0.4 is 10.2 Å². The summed E-state index contributed by atoms with van der Waals surface area (Å²) in [6.45, 7) is 3.45. The van der Waals surface area contributed by atoms with Crippen LogP contribution in [0.2, 0.25) is 0 Å². The predicted molar refractivity (Wildman–Crippen MR) is 106 cm³/mol. The van der Waals surface area contributed by atoms with E-state index in [-0.39, 0.29) is 18.0 Å². The van der Waals surface area contributed by atoms with E-state index < -0.39 is 0 Å². The quantitative estimate of drug-likeness (QED) is 0.854. The highest BCUT2D eigenvalue weighted by Crippen LogP contribution is 2.17. The van der Waals surface area contributed by atoms with Gasteiger partial charge in [0.2, 0.25) is 5.95 Å². The van der Waals surface area contributed by atoms with E-state index in [0.29, 0.717) is 31.2 Å². The summed E-state index contributed by atoms with van der Waals surface area (Å²) < 4.78 is 5.03. The summed E-state index contributed by atoms with van der Waals surface area (Å²) in [5.74, 6) is 0.314. The van der Waals surface area contributed by atoms with Crippen molar-refractivity contribution in [3.05, 3.63) is 48.3 Å². The number of rotatable bonds is 5. The Morgan fingerprint density at radius 2 is 1.82 bits per heavy atom. The van der Waals surface area contributed by atoms with Gasteiger partial charge in [-0.3, -0.25) is 4.79 Å². The number of hydrogen-bond acceptors (Lipinski definition) is 6. The van der Waals surface area contributed by atoms with Crippen molar-refractivity contribution in [1.82, 2.24) is 14.9 Å². The van der Waals surface area contributed by atoms with Crippen LogP contribution in [-0.2, 0) is 4.74 Å². The molecule has 8 heteroatoms. The van der Waals surface area contributed by atoms with Crippen LogP contribution in [-0.4, -0.2) is 59.7 Å². The van der Waals surface area contributed by atoms with Gasteiger partial charge in [0.25, 0.3) is 5.91 Å². The Hall–Kier alpha value is -3.16. The molecule has 28 heavy (non-hydrogen) atoms. The molecule has 1 N–H and O–H groups in total. The molecule has 1 saturated heterocycles. The molecule has 0 aliphatic carbocycles. The van der Waals surface area contributed by atoms with Crippen molar-refractivity contribution in [1.29, 1.82) is 0 Å². The van der Waals surface area contributed by atoms with Gasteiger partial charge < -0.3 is 19.9 Å². The number of ether oxygens (including phenoxy) is 1. The molecule has 0 unspecified atom stereocenters. The lowest BCUT2D eigenvalue weighted by molar-refractivity contribution is 0.0979. The monoisotopic (exact) mass is 383 g/mol. The number of carbonyl (C=O) groups excluding carboxylic acids is 2. The first-order valence-corrected chi connectivity index (χ1v) is 9.42. The van der Waals surface area contributed by atoms with Crippen LogP contribution in [0.1, 0.15) is 30.1 Å². The third kappa shape index (κ3) is 4.76. The molecule has 2 aromatic rings. The van der Waals surface area contributed by atoms with Crippen LogP contribution >= 0.6 is 0 Å². The minimum atomic E-state index is -0.261. The number of hydrogen-bond donors (Lipinski definition) is 1. The highest BCUT2D eigenvalue weighted by atomic mass is 16.6. The number of carbonyl (C=O) groups is 2. The maximum atomic E-state index is 12.6. The Kier molecular flexibility index (Phi) is 6.41. The van der Waals surface area contributed by atoms with Gasteiger partial charge in [0.15, 0.2) is 0 Å². The predicted octanol–water partition coefficient (Wildman–Crippen LogP) is 2.79. The summed E-state index contributed by atoms with van der Waals surface area (Å²) in [6.07, 6.45) is 4.39. The number of likely N-dealkylation sites (tertiary alicyclic amines) is 1. The zero-order valence-corrected chi connectivity index (χ0v) is 16.2. The number of aromatic nitrogens is 2. The largest absolute Gasteiger partial charge is 0.450 e. The molecule has 0 spiro atoms. The maximum absolute atomic E-state index is 12.6. The third-order valence-corrected chi connectivity index (χ3v) is 4.70. The van der Waals surface area contributed by atoms with E-state index in [1.165, 1.54) is 12.4 Å². The molecular formula is C20H25N5O3. The molecule has 0 saturated carbocycles. The molecular weight excluding hydrogens is 358 g/mol. The molecule has 0 bridgehead atoms. The summed E-state index contributed by atoms with van der Waals surface area (Å²) in [7, 11) is 1.72. The van der Waals surface area contributed by atoms with Gasteiger partial charge in [0, 0.05) is 44.3 Å². The van der Waals surface area contributed by atoms with Gasteiger partial charge in [-0.05, 0) is 31.9 Å². The fourth-order valence-electron chi connectivity index (χ4n) is 3.08. The van der Waals surface area contributed by atoms with Crippen LogP contribution in [0, 0.1) is 0 Å². The fraction of sp³-hybridized carbons (Fsp3) is 0.400. The fourth-order valence-corrected chi connectivity index (χ4v) is 3.08. The lowest BCUT2D eigenvalue weighted by Gasteiger charge is -2.31. The van der Waals surface area contributed by atoms with Crippen molar-refractivity contribution < 1.29 is 14.3 Å². The molecule has 1 aliphatic rings. The molecule has 1 aromatic carbocycles. The highest BCUT2D eigenvalue weighted by Gasteiger charge is 2.24. The van der Waals surface area contributed by atoms with Crippen LogP contribution in [0.25, 0.3) is 0 Å². The average Bonchev–Trinajstić information content (AvgIpc) is 2.74. The van der Waals surface area contributed by atoms with Gasteiger partial charge in [-0.1, -0.05) is 18.2 Å². The molecule has 1 aromatic heterocycles. The average molecular weight is 383 g/mol. The van der Waals surface area contributed by atoms with Crippen molar-refractivity contribution >= 4 is 23.6 Å². The highest BCUT2D eigenvalue weighted by molar-refractivity contribution is 6.05. The minimum Gasteiger partial charge on any atom is -0.450 e. The van der Waals surface area contributed by atoms with E-state index in [4.69, 9.17) is 4.74 Å². The van der Waals surface area contributed by atoms with Crippen molar-refractivity contribution in [3.63, 3.8) is 0 Å².